The quantitative estimate of drug-likeness (QED) is 0.792. The zero-order valence-electron chi connectivity index (χ0n) is 9.40. The Balaban J connectivity index is 2.85. The van der Waals surface area contributed by atoms with Gasteiger partial charge in [-0.3, -0.25) is 4.57 Å². The van der Waals surface area contributed by atoms with Crippen LogP contribution in [0.15, 0.2) is 23.3 Å². The third kappa shape index (κ3) is 3.45. The molecule has 0 bridgehead atoms. The lowest BCUT2D eigenvalue weighted by Crippen LogP contribution is -2.32. The van der Waals surface area contributed by atoms with E-state index >= 15 is 0 Å². The van der Waals surface area contributed by atoms with E-state index in [0.29, 0.717) is 12.5 Å². The minimum atomic E-state index is -0.173. The van der Waals surface area contributed by atoms with Crippen LogP contribution in [0.25, 0.3) is 0 Å². The van der Waals surface area contributed by atoms with E-state index in [1.165, 1.54) is 6.20 Å². The summed E-state index contributed by atoms with van der Waals surface area (Å²) < 4.78 is 1.66. The van der Waals surface area contributed by atoms with Gasteiger partial charge in [0.25, 0.3) is 0 Å². The normalized spacial score (nSPS) is 13.9. The molecule has 0 amide bonds. The van der Waals surface area contributed by atoms with Gasteiger partial charge in [0.15, 0.2) is 0 Å². The van der Waals surface area contributed by atoms with Crippen LogP contribution in [0.2, 0.25) is 0 Å². The van der Waals surface area contributed by atoms with Crippen molar-refractivity contribution in [3.05, 3.63) is 28.9 Å². The lowest BCUT2D eigenvalue weighted by Gasteiger charge is -2.29. The molecule has 1 rings (SSSR count). The zero-order valence-corrected chi connectivity index (χ0v) is 11.0. The maximum absolute atomic E-state index is 11.4. The van der Waals surface area contributed by atoms with Gasteiger partial charge in [0, 0.05) is 24.3 Å². The van der Waals surface area contributed by atoms with Crippen LogP contribution in [-0.2, 0) is 6.54 Å². The maximum Gasteiger partial charge on any atom is 0.347 e. The smallest absolute Gasteiger partial charge is 0.299 e. The summed E-state index contributed by atoms with van der Waals surface area (Å²) in [7, 11) is 0. The number of halogens is 1. The molecule has 1 aromatic heterocycles. The Bertz CT molecular complexity index is 367. The molecule has 0 aliphatic rings. The molecule has 1 atom stereocenters. The molecule has 0 aliphatic carbocycles. The number of nitrogens with zero attached hydrogens (tertiary/aromatic N) is 2. The molecule has 1 aromatic rings. The lowest BCUT2D eigenvalue weighted by atomic mass is 9.82. The summed E-state index contributed by atoms with van der Waals surface area (Å²) in [5.74, 6) is 0.416. The molecule has 15 heavy (non-hydrogen) atoms. The van der Waals surface area contributed by atoms with Crippen molar-refractivity contribution < 1.29 is 0 Å². The third-order valence-electron chi connectivity index (χ3n) is 2.61. The van der Waals surface area contributed by atoms with Gasteiger partial charge in [-0.2, -0.15) is 0 Å². The minimum Gasteiger partial charge on any atom is -0.299 e. The Hall–Kier alpha value is -0.640. The van der Waals surface area contributed by atoms with Gasteiger partial charge in [-0.15, -0.1) is 0 Å². The van der Waals surface area contributed by atoms with E-state index in [1.54, 1.807) is 16.8 Å². The molecule has 1 heterocycles. The first-order valence-electron chi connectivity index (χ1n) is 5.02. The fourth-order valence-electron chi connectivity index (χ4n) is 1.32. The molecule has 0 N–H and O–H groups in total. The summed E-state index contributed by atoms with van der Waals surface area (Å²) >= 11 is 3.50. The van der Waals surface area contributed by atoms with Crippen molar-refractivity contribution in [2.24, 2.45) is 11.3 Å². The van der Waals surface area contributed by atoms with Gasteiger partial charge in [-0.1, -0.05) is 36.7 Å². The highest BCUT2D eigenvalue weighted by Gasteiger charge is 2.24. The molecule has 0 saturated carbocycles. The predicted octanol–water partition coefficient (Wildman–Crippen LogP) is 2.30. The van der Waals surface area contributed by atoms with Crippen molar-refractivity contribution in [2.45, 2.75) is 27.3 Å². The van der Waals surface area contributed by atoms with Gasteiger partial charge in [0.1, 0.15) is 0 Å². The number of hydrogen-bond donors (Lipinski definition) is 0. The standard InChI is InChI=1S/C11H17BrN2O/c1-11(2,3)9(7-12)8-14-6-4-5-13-10(14)15/h4-6,9H,7-8H2,1-3H3. The molecular weight excluding hydrogens is 256 g/mol. The lowest BCUT2D eigenvalue weighted by molar-refractivity contribution is 0.236. The van der Waals surface area contributed by atoms with Gasteiger partial charge >= 0.3 is 5.69 Å². The van der Waals surface area contributed by atoms with Crippen LogP contribution in [0.3, 0.4) is 0 Å². The monoisotopic (exact) mass is 272 g/mol. The van der Waals surface area contributed by atoms with Gasteiger partial charge in [-0.25, -0.2) is 9.78 Å². The SMILES string of the molecule is CC(C)(C)C(CBr)Cn1cccnc1=O. The summed E-state index contributed by atoms with van der Waals surface area (Å²) in [4.78, 5) is 15.2. The third-order valence-corrected chi connectivity index (χ3v) is 3.39. The van der Waals surface area contributed by atoms with Crippen molar-refractivity contribution in [2.75, 3.05) is 5.33 Å². The van der Waals surface area contributed by atoms with Gasteiger partial charge in [0.2, 0.25) is 0 Å². The molecule has 0 radical (unpaired) electrons. The summed E-state index contributed by atoms with van der Waals surface area (Å²) in [6, 6.07) is 1.79. The van der Waals surface area contributed by atoms with E-state index in [-0.39, 0.29) is 11.1 Å². The van der Waals surface area contributed by atoms with Crippen LogP contribution in [0, 0.1) is 11.3 Å². The van der Waals surface area contributed by atoms with E-state index < -0.39 is 0 Å². The van der Waals surface area contributed by atoms with Crippen LogP contribution < -0.4 is 5.69 Å². The van der Waals surface area contributed by atoms with E-state index in [1.807, 2.05) is 0 Å². The van der Waals surface area contributed by atoms with Crippen LogP contribution in [0.5, 0.6) is 0 Å². The minimum absolute atomic E-state index is 0.173. The van der Waals surface area contributed by atoms with Crippen LogP contribution >= 0.6 is 15.9 Å². The molecule has 4 heteroatoms. The maximum atomic E-state index is 11.4. The second kappa shape index (κ2) is 4.92. The predicted molar refractivity (Wildman–Crippen MR) is 65.2 cm³/mol. The topological polar surface area (TPSA) is 34.9 Å². The fraction of sp³-hybridized carbons (Fsp3) is 0.636. The number of rotatable bonds is 3. The van der Waals surface area contributed by atoms with Crippen LogP contribution in [0.1, 0.15) is 20.8 Å². The Kier molecular flexibility index (Phi) is 4.08. The molecule has 0 saturated heterocycles. The van der Waals surface area contributed by atoms with Crippen molar-refractivity contribution >= 4 is 15.9 Å². The van der Waals surface area contributed by atoms with E-state index in [0.717, 1.165) is 5.33 Å². The number of aromatic nitrogens is 2. The summed E-state index contributed by atoms with van der Waals surface area (Å²) in [6.07, 6.45) is 3.32. The second-order valence-electron chi connectivity index (χ2n) is 4.77. The summed E-state index contributed by atoms with van der Waals surface area (Å²) in [5.41, 5.74) is 0.00592. The first-order chi connectivity index (χ1) is 6.95. The van der Waals surface area contributed by atoms with Crippen molar-refractivity contribution in [3.8, 4) is 0 Å². The fourth-order valence-corrected chi connectivity index (χ4v) is 2.49. The Morgan fingerprint density at radius 3 is 2.67 bits per heavy atom. The molecular formula is C11H17BrN2O. The zero-order chi connectivity index (χ0) is 11.5. The van der Waals surface area contributed by atoms with Gasteiger partial charge < -0.3 is 0 Å². The molecule has 84 valence electrons. The first kappa shape index (κ1) is 12.4. The van der Waals surface area contributed by atoms with E-state index in [2.05, 4.69) is 41.7 Å². The van der Waals surface area contributed by atoms with Gasteiger partial charge in [-0.05, 0) is 17.4 Å². The Morgan fingerprint density at radius 2 is 2.20 bits per heavy atom. The highest BCUT2D eigenvalue weighted by Crippen LogP contribution is 2.28. The molecule has 0 fully saturated rings. The summed E-state index contributed by atoms with van der Waals surface area (Å²) in [6.45, 7) is 7.25. The Labute approximate surface area is 98.7 Å². The highest BCUT2D eigenvalue weighted by atomic mass is 79.9. The van der Waals surface area contributed by atoms with Crippen LogP contribution in [0.4, 0.5) is 0 Å². The second-order valence-corrected chi connectivity index (χ2v) is 5.42. The molecule has 0 aliphatic heterocycles. The molecule has 0 aromatic carbocycles. The van der Waals surface area contributed by atoms with E-state index in [9.17, 15) is 4.79 Å². The van der Waals surface area contributed by atoms with Crippen molar-refractivity contribution in [1.82, 2.24) is 9.55 Å². The first-order valence-corrected chi connectivity index (χ1v) is 6.14. The number of alkyl halides is 1. The molecule has 1 unspecified atom stereocenters. The van der Waals surface area contributed by atoms with Crippen LogP contribution in [-0.4, -0.2) is 14.9 Å². The summed E-state index contributed by atoms with van der Waals surface area (Å²) in [5, 5.41) is 0.887. The van der Waals surface area contributed by atoms with E-state index in [4.69, 9.17) is 0 Å². The van der Waals surface area contributed by atoms with Gasteiger partial charge in [0.05, 0.1) is 0 Å². The molecule has 0 spiro atoms. The van der Waals surface area contributed by atoms with Crippen molar-refractivity contribution in [1.29, 1.82) is 0 Å². The average Bonchev–Trinajstić information content (AvgIpc) is 2.14. The largest absolute Gasteiger partial charge is 0.347 e. The average molecular weight is 273 g/mol. The highest BCUT2D eigenvalue weighted by molar-refractivity contribution is 9.09. The molecule has 3 nitrogen and oxygen atoms in total. The number of hydrogen-bond acceptors (Lipinski definition) is 2. The van der Waals surface area contributed by atoms with Crippen molar-refractivity contribution in [3.63, 3.8) is 0 Å². The Morgan fingerprint density at radius 1 is 1.53 bits per heavy atom.